The van der Waals surface area contributed by atoms with Gasteiger partial charge >= 0.3 is 5.97 Å². The summed E-state index contributed by atoms with van der Waals surface area (Å²) in [5.74, 6) is -1.65. The number of hydrogen-bond acceptors (Lipinski definition) is 4. The van der Waals surface area contributed by atoms with Gasteiger partial charge < -0.3 is 14.8 Å². The number of rotatable bonds is 8. The van der Waals surface area contributed by atoms with Crippen LogP contribution in [-0.2, 0) is 9.53 Å². The highest BCUT2D eigenvalue weighted by Gasteiger charge is 2.31. The maximum Gasteiger partial charge on any atom is 0.325 e. The number of ether oxygens (including phenoxy) is 2. The lowest BCUT2D eigenvalue weighted by Gasteiger charge is -2.25. The molecule has 1 aromatic rings. The van der Waals surface area contributed by atoms with Crippen LogP contribution in [-0.4, -0.2) is 32.3 Å². The highest BCUT2D eigenvalue weighted by molar-refractivity contribution is 5.80. The van der Waals surface area contributed by atoms with E-state index in [2.05, 4.69) is 5.32 Å². The molecule has 0 radical (unpaired) electrons. The van der Waals surface area contributed by atoms with Crippen molar-refractivity contribution >= 4 is 5.97 Å². The van der Waals surface area contributed by atoms with Gasteiger partial charge in [0, 0.05) is 6.07 Å². The van der Waals surface area contributed by atoms with Crippen molar-refractivity contribution in [1.29, 1.82) is 0 Å². The van der Waals surface area contributed by atoms with Gasteiger partial charge in [-0.3, -0.25) is 4.79 Å². The van der Waals surface area contributed by atoms with Gasteiger partial charge in [-0.15, -0.1) is 0 Å². The summed E-state index contributed by atoms with van der Waals surface area (Å²) in [6.45, 7) is 2.06. The van der Waals surface area contributed by atoms with E-state index >= 15 is 0 Å². The minimum atomic E-state index is -0.740. The van der Waals surface area contributed by atoms with Crippen LogP contribution in [0.3, 0.4) is 0 Å². The van der Waals surface area contributed by atoms with E-state index in [9.17, 15) is 13.6 Å². The summed E-state index contributed by atoms with van der Waals surface area (Å²) in [5.41, 5.74) is -0.740. The third-order valence-corrected chi connectivity index (χ3v) is 3.41. The van der Waals surface area contributed by atoms with Crippen LogP contribution in [0.2, 0.25) is 0 Å². The third kappa shape index (κ3) is 4.97. The van der Waals surface area contributed by atoms with Crippen molar-refractivity contribution in [3.63, 3.8) is 0 Å². The van der Waals surface area contributed by atoms with Crippen LogP contribution in [0, 0.1) is 11.6 Å². The smallest absolute Gasteiger partial charge is 0.325 e. The van der Waals surface area contributed by atoms with Gasteiger partial charge in [0.25, 0.3) is 0 Å². The van der Waals surface area contributed by atoms with Crippen molar-refractivity contribution in [2.75, 3.05) is 20.8 Å². The fourth-order valence-corrected chi connectivity index (χ4v) is 1.91. The first-order chi connectivity index (χ1) is 9.92. The zero-order valence-electron chi connectivity index (χ0n) is 12.5. The quantitative estimate of drug-likeness (QED) is 0.592. The molecule has 1 unspecified atom stereocenters. The maximum atomic E-state index is 13.3. The Labute approximate surface area is 123 Å². The summed E-state index contributed by atoms with van der Waals surface area (Å²) in [6.07, 6.45) is 1.92. The van der Waals surface area contributed by atoms with Crippen molar-refractivity contribution in [2.45, 2.75) is 31.7 Å². The van der Waals surface area contributed by atoms with Gasteiger partial charge in [-0.05, 0) is 45.4 Å². The molecule has 0 saturated heterocycles. The summed E-state index contributed by atoms with van der Waals surface area (Å²) in [6, 6.07) is 3.19. The molecule has 21 heavy (non-hydrogen) atoms. The van der Waals surface area contributed by atoms with Crippen LogP contribution in [0.4, 0.5) is 8.78 Å². The molecule has 1 rings (SSSR count). The number of unbranched alkanes of at least 4 members (excludes halogenated alkanes) is 1. The van der Waals surface area contributed by atoms with Gasteiger partial charge in [-0.1, -0.05) is 0 Å². The summed E-state index contributed by atoms with van der Waals surface area (Å²) >= 11 is 0. The second kappa shape index (κ2) is 7.93. The van der Waals surface area contributed by atoms with Crippen molar-refractivity contribution in [1.82, 2.24) is 5.32 Å². The fraction of sp³-hybridized carbons (Fsp3) is 0.533. The molecule has 0 heterocycles. The lowest BCUT2D eigenvalue weighted by Crippen LogP contribution is -2.48. The van der Waals surface area contributed by atoms with Crippen LogP contribution in [0.1, 0.15) is 26.2 Å². The molecule has 0 aliphatic heterocycles. The van der Waals surface area contributed by atoms with Crippen molar-refractivity contribution in [2.24, 2.45) is 0 Å². The molecule has 1 aromatic carbocycles. The SMILES string of the molecule is CNC(C)(CCCCOc1ccc(F)cc1F)C(=O)OC. The molecule has 0 aliphatic rings. The minimum absolute atomic E-state index is 0.0285. The van der Waals surface area contributed by atoms with Crippen LogP contribution < -0.4 is 10.1 Å². The summed E-state index contributed by atoms with van der Waals surface area (Å²) in [4.78, 5) is 11.6. The number of hydrogen-bond donors (Lipinski definition) is 1. The van der Waals surface area contributed by atoms with Crippen molar-refractivity contribution < 1.29 is 23.0 Å². The van der Waals surface area contributed by atoms with E-state index in [0.717, 1.165) is 12.1 Å². The number of carbonyl (C=O) groups is 1. The number of methoxy groups -OCH3 is 1. The van der Waals surface area contributed by atoms with E-state index in [4.69, 9.17) is 9.47 Å². The largest absolute Gasteiger partial charge is 0.491 e. The summed E-state index contributed by atoms with van der Waals surface area (Å²) in [5, 5.41) is 2.94. The first-order valence-electron chi connectivity index (χ1n) is 6.78. The average molecular weight is 301 g/mol. The van der Waals surface area contributed by atoms with Gasteiger partial charge in [-0.25, -0.2) is 8.78 Å². The van der Waals surface area contributed by atoms with E-state index in [-0.39, 0.29) is 11.7 Å². The van der Waals surface area contributed by atoms with Gasteiger partial charge in [-0.2, -0.15) is 0 Å². The molecule has 0 bridgehead atoms. The molecule has 0 fully saturated rings. The molecule has 0 saturated carbocycles. The van der Waals surface area contributed by atoms with Crippen LogP contribution >= 0.6 is 0 Å². The molecule has 0 amide bonds. The number of likely N-dealkylation sites (N-methyl/N-ethyl adjacent to an activating group) is 1. The highest BCUT2D eigenvalue weighted by Crippen LogP contribution is 2.19. The molecular weight excluding hydrogens is 280 g/mol. The van der Waals surface area contributed by atoms with Gasteiger partial charge in [0.2, 0.25) is 0 Å². The Morgan fingerprint density at radius 1 is 1.33 bits per heavy atom. The monoisotopic (exact) mass is 301 g/mol. The Kier molecular flexibility index (Phi) is 6.55. The minimum Gasteiger partial charge on any atom is -0.491 e. The molecule has 0 spiro atoms. The van der Waals surface area contributed by atoms with Gasteiger partial charge in [0.05, 0.1) is 13.7 Å². The Morgan fingerprint density at radius 2 is 2.05 bits per heavy atom. The van der Waals surface area contributed by atoms with Gasteiger partial charge in [0.15, 0.2) is 11.6 Å². The first kappa shape index (κ1) is 17.4. The number of carbonyl (C=O) groups excluding carboxylic acids is 1. The molecule has 1 N–H and O–H groups in total. The lowest BCUT2D eigenvalue weighted by atomic mass is 9.95. The molecule has 1 atom stereocenters. The molecule has 118 valence electrons. The highest BCUT2D eigenvalue weighted by atomic mass is 19.1. The Balaban J connectivity index is 2.36. The van der Waals surface area contributed by atoms with Crippen LogP contribution in [0.25, 0.3) is 0 Å². The second-order valence-corrected chi connectivity index (χ2v) is 4.95. The molecule has 0 aromatic heterocycles. The standard InChI is InChI=1S/C15H21F2NO3/c1-15(18-2,14(19)20-3)8-4-5-9-21-13-7-6-11(16)10-12(13)17/h6-7,10,18H,4-5,8-9H2,1-3H3. The summed E-state index contributed by atoms with van der Waals surface area (Å²) < 4.78 is 36.0. The molecular formula is C15H21F2NO3. The van der Waals surface area contributed by atoms with E-state index < -0.39 is 17.2 Å². The first-order valence-corrected chi connectivity index (χ1v) is 6.78. The zero-order chi connectivity index (χ0) is 15.9. The predicted molar refractivity (Wildman–Crippen MR) is 75.2 cm³/mol. The van der Waals surface area contributed by atoms with Crippen molar-refractivity contribution in [3.05, 3.63) is 29.8 Å². The number of nitrogens with one attached hydrogen (secondary N) is 1. The maximum absolute atomic E-state index is 13.3. The van der Waals surface area contributed by atoms with E-state index in [1.54, 1.807) is 14.0 Å². The van der Waals surface area contributed by atoms with E-state index in [0.29, 0.717) is 25.9 Å². The van der Waals surface area contributed by atoms with Crippen LogP contribution in [0.5, 0.6) is 5.75 Å². The number of benzene rings is 1. The third-order valence-electron chi connectivity index (χ3n) is 3.41. The predicted octanol–water partition coefficient (Wildman–Crippen LogP) is 2.67. The topological polar surface area (TPSA) is 47.6 Å². The Morgan fingerprint density at radius 3 is 2.62 bits per heavy atom. The van der Waals surface area contributed by atoms with Crippen LogP contribution in [0.15, 0.2) is 18.2 Å². The Hall–Kier alpha value is -1.69. The Bertz CT molecular complexity index is 482. The fourth-order valence-electron chi connectivity index (χ4n) is 1.91. The normalized spacial score (nSPS) is 13.6. The number of halogens is 2. The molecule has 4 nitrogen and oxygen atoms in total. The van der Waals surface area contributed by atoms with E-state index in [1.807, 2.05) is 0 Å². The van der Waals surface area contributed by atoms with Gasteiger partial charge in [0.1, 0.15) is 11.4 Å². The van der Waals surface area contributed by atoms with E-state index in [1.165, 1.54) is 13.2 Å². The molecule has 0 aliphatic carbocycles. The lowest BCUT2D eigenvalue weighted by molar-refractivity contribution is -0.148. The number of esters is 1. The zero-order valence-corrected chi connectivity index (χ0v) is 12.5. The summed E-state index contributed by atoms with van der Waals surface area (Å²) in [7, 11) is 3.04. The second-order valence-electron chi connectivity index (χ2n) is 4.95. The van der Waals surface area contributed by atoms with Crippen molar-refractivity contribution in [3.8, 4) is 5.75 Å². The average Bonchev–Trinajstić information content (AvgIpc) is 2.47. The molecule has 6 heteroatoms.